The van der Waals surface area contributed by atoms with Crippen molar-refractivity contribution < 1.29 is 4.42 Å². The molecule has 0 saturated carbocycles. The fraction of sp³-hybridized carbons (Fsp3) is 0. The van der Waals surface area contributed by atoms with Crippen LogP contribution < -0.4 is 0 Å². The maximum Gasteiger partial charge on any atom is 0.136 e. The molecule has 0 aliphatic carbocycles. The van der Waals surface area contributed by atoms with E-state index in [2.05, 4.69) is 194 Å². The van der Waals surface area contributed by atoms with Gasteiger partial charge < -0.3 is 4.42 Å². The molecule has 1 nitrogen and oxygen atoms in total. The van der Waals surface area contributed by atoms with Gasteiger partial charge in [0.15, 0.2) is 0 Å². The fourth-order valence-corrected chi connectivity index (χ4v) is 11.2. The fourth-order valence-electron chi connectivity index (χ4n) is 9.77. The highest BCUT2D eigenvalue weighted by molar-refractivity contribution is 7.27. The first-order valence-corrected chi connectivity index (χ1v) is 20.7. The van der Waals surface area contributed by atoms with E-state index in [-0.39, 0.29) is 0 Å². The monoisotopic (exact) mass is 752 g/mol. The van der Waals surface area contributed by atoms with Crippen LogP contribution in [0.4, 0.5) is 0 Å². The number of benzene rings is 11. The lowest BCUT2D eigenvalue weighted by molar-refractivity contribution is 0.669. The Hall–Kier alpha value is -7.26. The summed E-state index contributed by atoms with van der Waals surface area (Å²) >= 11 is 1.91. The first kappa shape index (κ1) is 31.9. The summed E-state index contributed by atoms with van der Waals surface area (Å²) in [5, 5.41) is 17.5. The molecule has 0 atom stereocenters. The Labute approximate surface area is 337 Å². The van der Waals surface area contributed by atoms with Crippen molar-refractivity contribution in [3.8, 4) is 33.4 Å². The molecule has 0 saturated heterocycles. The third kappa shape index (κ3) is 4.58. The second-order valence-electron chi connectivity index (χ2n) is 15.5. The number of furan rings is 1. The second kappa shape index (κ2) is 12.1. The van der Waals surface area contributed by atoms with Gasteiger partial charge in [0.1, 0.15) is 11.2 Å². The smallest absolute Gasteiger partial charge is 0.136 e. The summed E-state index contributed by atoms with van der Waals surface area (Å²) in [7, 11) is 0. The second-order valence-corrected chi connectivity index (χ2v) is 16.6. The molecule has 13 rings (SSSR count). The minimum absolute atomic E-state index is 0.897. The molecule has 0 fully saturated rings. The van der Waals surface area contributed by atoms with E-state index in [1.54, 1.807) is 0 Å². The molecule has 0 bridgehead atoms. The van der Waals surface area contributed by atoms with E-state index in [4.69, 9.17) is 4.42 Å². The molecule has 0 amide bonds. The quantitative estimate of drug-likeness (QED) is 0.164. The largest absolute Gasteiger partial charge is 0.456 e. The third-order valence-electron chi connectivity index (χ3n) is 12.4. The Morgan fingerprint density at radius 3 is 1.53 bits per heavy atom. The minimum Gasteiger partial charge on any atom is -0.456 e. The molecule has 0 radical (unpaired) electrons. The van der Waals surface area contributed by atoms with Crippen LogP contribution in [0.15, 0.2) is 199 Å². The Kier molecular flexibility index (Phi) is 6.66. The van der Waals surface area contributed by atoms with E-state index < -0.39 is 0 Å². The lowest BCUT2D eigenvalue weighted by atomic mass is 9.85. The number of fused-ring (bicyclic) bond motifs is 12. The van der Waals surface area contributed by atoms with E-state index in [1.165, 1.54) is 107 Å². The van der Waals surface area contributed by atoms with Crippen molar-refractivity contribution in [3.63, 3.8) is 0 Å². The summed E-state index contributed by atoms with van der Waals surface area (Å²) < 4.78 is 9.39. The Morgan fingerprint density at radius 2 is 0.793 bits per heavy atom. The van der Waals surface area contributed by atoms with Crippen LogP contribution in [0, 0.1) is 0 Å². The molecule has 11 aromatic carbocycles. The molecule has 0 N–H and O–H groups in total. The van der Waals surface area contributed by atoms with Crippen LogP contribution in [0.5, 0.6) is 0 Å². The molecule has 2 heteroatoms. The predicted molar refractivity (Wildman–Crippen MR) is 250 cm³/mol. The number of hydrogen-bond donors (Lipinski definition) is 0. The number of rotatable bonds is 3. The molecule has 0 aliphatic rings. The van der Waals surface area contributed by atoms with Gasteiger partial charge in [0.2, 0.25) is 0 Å². The molecule has 13 aromatic rings. The Bertz CT molecular complexity index is 3810. The van der Waals surface area contributed by atoms with Gasteiger partial charge in [-0.05, 0) is 118 Å². The lowest BCUT2D eigenvalue weighted by Gasteiger charge is -2.18. The molecule has 0 unspecified atom stereocenters. The van der Waals surface area contributed by atoms with Gasteiger partial charge in [-0.2, -0.15) is 0 Å². The number of thiophene rings is 1. The van der Waals surface area contributed by atoms with Gasteiger partial charge in [-0.25, -0.2) is 0 Å². The van der Waals surface area contributed by atoms with E-state index in [0.717, 1.165) is 21.9 Å². The van der Waals surface area contributed by atoms with Crippen LogP contribution in [0.25, 0.3) is 129 Å². The molecule has 0 aliphatic heterocycles. The summed E-state index contributed by atoms with van der Waals surface area (Å²) in [6.45, 7) is 0. The molecular weight excluding hydrogens is 721 g/mol. The summed E-state index contributed by atoms with van der Waals surface area (Å²) in [6.07, 6.45) is 0. The summed E-state index contributed by atoms with van der Waals surface area (Å²) in [5.74, 6) is 0. The Balaban J connectivity index is 1.02. The Morgan fingerprint density at radius 1 is 0.259 bits per heavy atom. The van der Waals surface area contributed by atoms with Crippen molar-refractivity contribution in [1.29, 1.82) is 0 Å². The zero-order valence-electron chi connectivity index (χ0n) is 31.3. The van der Waals surface area contributed by atoms with Gasteiger partial charge >= 0.3 is 0 Å². The summed E-state index contributed by atoms with van der Waals surface area (Å²) in [4.78, 5) is 0. The molecule has 0 spiro atoms. The van der Waals surface area contributed by atoms with Crippen LogP contribution in [0.2, 0.25) is 0 Å². The van der Waals surface area contributed by atoms with Crippen LogP contribution in [-0.2, 0) is 0 Å². The zero-order valence-corrected chi connectivity index (χ0v) is 32.1. The van der Waals surface area contributed by atoms with Crippen molar-refractivity contribution in [2.45, 2.75) is 0 Å². The van der Waals surface area contributed by atoms with E-state index >= 15 is 0 Å². The minimum atomic E-state index is 0.897. The van der Waals surface area contributed by atoms with Gasteiger partial charge in [0.25, 0.3) is 0 Å². The highest BCUT2D eigenvalue weighted by Gasteiger charge is 2.20. The zero-order chi connectivity index (χ0) is 37.9. The van der Waals surface area contributed by atoms with Crippen molar-refractivity contribution in [1.82, 2.24) is 0 Å². The first-order chi connectivity index (χ1) is 28.7. The molecule has 58 heavy (non-hydrogen) atoms. The first-order valence-electron chi connectivity index (χ1n) is 19.9. The topological polar surface area (TPSA) is 13.1 Å². The highest BCUT2D eigenvalue weighted by Crippen LogP contribution is 2.48. The van der Waals surface area contributed by atoms with Crippen molar-refractivity contribution in [3.05, 3.63) is 194 Å². The lowest BCUT2D eigenvalue weighted by Crippen LogP contribution is -1.91. The molecule has 2 heterocycles. The average Bonchev–Trinajstić information content (AvgIpc) is 3.84. The van der Waals surface area contributed by atoms with Crippen molar-refractivity contribution >= 4 is 107 Å². The maximum absolute atomic E-state index is 6.74. The van der Waals surface area contributed by atoms with Gasteiger partial charge in [0, 0.05) is 36.5 Å². The van der Waals surface area contributed by atoms with Gasteiger partial charge in [-0.3, -0.25) is 0 Å². The van der Waals surface area contributed by atoms with Crippen molar-refractivity contribution in [2.24, 2.45) is 0 Å². The predicted octanol–water partition coefficient (Wildman–Crippen LogP) is 16.7. The van der Waals surface area contributed by atoms with Crippen LogP contribution in [0.3, 0.4) is 0 Å². The molecule has 268 valence electrons. The number of hydrogen-bond acceptors (Lipinski definition) is 2. The summed E-state index contributed by atoms with van der Waals surface area (Å²) in [5.41, 5.74) is 9.18. The van der Waals surface area contributed by atoms with Crippen LogP contribution in [0.1, 0.15) is 0 Å². The SMILES string of the molecule is c1ccc2cc(-c3c4ccccc4c(-c4ccc5oc6cc(-c7c8ccccc8cc8c7sc7c9ccccc9ccc87)ccc6c5c4)c4ccccc34)ccc2c1. The standard InChI is InChI=1S/C56H32OS/c1-2-13-35-29-37(22-21-33(35)11-1)52-43-17-7-9-19-45(43)53(46-20-10-8-18-44(46)52)38-25-28-50-48(31-38)42-26-24-39(32-51(42)57-50)54-40-15-5-4-14-36(40)30-49-47-27-23-34-12-3-6-16-41(34)55(47)58-56(49)54/h1-32H. The normalized spacial score (nSPS) is 12.1. The third-order valence-corrected chi connectivity index (χ3v) is 13.7. The van der Waals surface area contributed by atoms with E-state index in [9.17, 15) is 0 Å². The van der Waals surface area contributed by atoms with Crippen LogP contribution in [-0.4, -0.2) is 0 Å². The van der Waals surface area contributed by atoms with Crippen LogP contribution >= 0.6 is 11.3 Å². The highest BCUT2D eigenvalue weighted by atomic mass is 32.1. The van der Waals surface area contributed by atoms with E-state index in [0.29, 0.717) is 0 Å². The van der Waals surface area contributed by atoms with E-state index in [1.807, 2.05) is 11.3 Å². The van der Waals surface area contributed by atoms with Gasteiger partial charge in [-0.1, -0.05) is 158 Å². The van der Waals surface area contributed by atoms with Gasteiger partial charge in [0.05, 0.1) is 0 Å². The van der Waals surface area contributed by atoms with Crippen molar-refractivity contribution in [2.75, 3.05) is 0 Å². The average molecular weight is 753 g/mol. The molecular formula is C56H32OS. The summed E-state index contributed by atoms with van der Waals surface area (Å²) in [6, 6.07) is 71.4. The van der Waals surface area contributed by atoms with Gasteiger partial charge in [-0.15, -0.1) is 11.3 Å². The maximum atomic E-state index is 6.74. The molecule has 2 aromatic heterocycles.